The molecule has 1 atom stereocenters. The third-order valence-electron chi connectivity index (χ3n) is 4.31. The van der Waals surface area contributed by atoms with Gasteiger partial charge in [0, 0.05) is 12.2 Å². The van der Waals surface area contributed by atoms with Crippen molar-refractivity contribution in [2.24, 2.45) is 0 Å². The zero-order valence-electron chi connectivity index (χ0n) is 15.0. The van der Waals surface area contributed by atoms with Crippen molar-refractivity contribution in [1.29, 1.82) is 0 Å². The Balaban J connectivity index is 1.62. The molecule has 2 N–H and O–H groups in total. The van der Waals surface area contributed by atoms with Crippen LogP contribution in [-0.2, 0) is 11.2 Å². The van der Waals surface area contributed by atoms with Crippen molar-refractivity contribution in [3.63, 3.8) is 0 Å². The van der Waals surface area contributed by atoms with Gasteiger partial charge in [-0.05, 0) is 44.0 Å². The number of nitrogens with one attached hydrogen (secondary N) is 2. The number of para-hydroxylation sites is 3. The average molecular weight is 353 g/mol. The van der Waals surface area contributed by atoms with Gasteiger partial charge < -0.3 is 20.3 Å². The number of hydrogen-bond acceptors (Lipinski definition) is 3. The molecule has 26 heavy (non-hydrogen) atoms. The summed E-state index contributed by atoms with van der Waals surface area (Å²) >= 11 is 0. The Morgan fingerprint density at radius 1 is 1.15 bits per heavy atom. The van der Waals surface area contributed by atoms with Crippen LogP contribution in [0.3, 0.4) is 0 Å². The van der Waals surface area contributed by atoms with Crippen LogP contribution in [0.4, 0.5) is 16.2 Å². The van der Waals surface area contributed by atoms with Crippen LogP contribution in [0.5, 0.6) is 5.75 Å². The van der Waals surface area contributed by atoms with E-state index in [0.29, 0.717) is 24.6 Å². The maximum Gasteiger partial charge on any atom is 0.319 e. The van der Waals surface area contributed by atoms with Crippen LogP contribution in [0, 0.1) is 0 Å². The maximum atomic E-state index is 12.7. The Kier molecular flexibility index (Phi) is 5.41. The van der Waals surface area contributed by atoms with Crippen LogP contribution in [-0.4, -0.2) is 31.1 Å². The second-order valence-corrected chi connectivity index (χ2v) is 6.12. The second-order valence-electron chi connectivity index (χ2n) is 6.12. The third-order valence-corrected chi connectivity index (χ3v) is 4.31. The minimum absolute atomic E-state index is 0.122. The molecule has 0 aliphatic carbocycles. The molecule has 6 heteroatoms. The van der Waals surface area contributed by atoms with Crippen molar-refractivity contribution >= 4 is 23.3 Å². The van der Waals surface area contributed by atoms with Crippen LogP contribution < -0.4 is 20.3 Å². The van der Waals surface area contributed by atoms with E-state index >= 15 is 0 Å². The number of urea groups is 1. The summed E-state index contributed by atoms with van der Waals surface area (Å²) in [5, 5.41) is 5.45. The van der Waals surface area contributed by atoms with Gasteiger partial charge in [-0.1, -0.05) is 30.3 Å². The second kappa shape index (κ2) is 7.91. The van der Waals surface area contributed by atoms with E-state index in [1.807, 2.05) is 43.3 Å². The molecule has 1 aliphatic rings. The number of carbonyl (C=O) groups excluding carboxylic acids is 2. The van der Waals surface area contributed by atoms with Crippen molar-refractivity contribution in [3.8, 4) is 5.75 Å². The molecule has 2 aromatic rings. The van der Waals surface area contributed by atoms with Crippen LogP contribution in [0.25, 0.3) is 0 Å². The van der Waals surface area contributed by atoms with Gasteiger partial charge in [-0.3, -0.25) is 4.79 Å². The molecule has 0 bridgehead atoms. The lowest BCUT2D eigenvalue weighted by atomic mass is 10.2. The summed E-state index contributed by atoms with van der Waals surface area (Å²) in [6.45, 7) is 4.71. The fourth-order valence-corrected chi connectivity index (χ4v) is 3.07. The maximum absolute atomic E-state index is 12.7. The Labute approximate surface area is 153 Å². The number of rotatable bonds is 5. The van der Waals surface area contributed by atoms with Gasteiger partial charge in [-0.15, -0.1) is 0 Å². The number of hydrogen-bond donors (Lipinski definition) is 2. The highest BCUT2D eigenvalue weighted by atomic mass is 16.5. The first-order valence-corrected chi connectivity index (χ1v) is 8.78. The van der Waals surface area contributed by atoms with Crippen molar-refractivity contribution in [2.75, 3.05) is 23.4 Å². The van der Waals surface area contributed by atoms with Gasteiger partial charge >= 0.3 is 6.03 Å². The number of nitrogens with zero attached hydrogens (tertiary/aromatic N) is 1. The quantitative estimate of drug-likeness (QED) is 0.867. The lowest BCUT2D eigenvalue weighted by Crippen LogP contribution is -2.47. The molecule has 0 spiro atoms. The lowest BCUT2D eigenvalue weighted by molar-refractivity contribution is -0.119. The van der Waals surface area contributed by atoms with Crippen molar-refractivity contribution in [3.05, 3.63) is 54.1 Å². The highest BCUT2D eigenvalue weighted by molar-refractivity contribution is 6.02. The summed E-state index contributed by atoms with van der Waals surface area (Å²) in [5.74, 6) is 0.473. The van der Waals surface area contributed by atoms with Crippen LogP contribution in [0.2, 0.25) is 0 Å². The van der Waals surface area contributed by atoms with Gasteiger partial charge in [0.05, 0.1) is 12.3 Å². The Hall–Kier alpha value is -3.02. The SMILES string of the molecule is CCOc1ccccc1NC(=O)NC(C)C(=O)N1CCc2ccccc21. The van der Waals surface area contributed by atoms with E-state index in [4.69, 9.17) is 4.74 Å². The Morgan fingerprint density at radius 3 is 2.69 bits per heavy atom. The summed E-state index contributed by atoms with van der Waals surface area (Å²) in [4.78, 5) is 26.8. The number of anilines is 2. The molecule has 0 radical (unpaired) electrons. The van der Waals surface area contributed by atoms with E-state index in [1.54, 1.807) is 24.0 Å². The Bertz CT molecular complexity index is 806. The molecule has 3 amide bonds. The Morgan fingerprint density at radius 2 is 1.88 bits per heavy atom. The zero-order valence-corrected chi connectivity index (χ0v) is 15.0. The number of fused-ring (bicyclic) bond motifs is 1. The molecular formula is C20H23N3O3. The number of ether oxygens (including phenoxy) is 1. The van der Waals surface area contributed by atoms with Gasteiger partial charge in [-0.25, -0.2) is 4.79 Å². The zero-order chi connectivity index (χ0) is 18.5. The standard InChI is InChI=1S/C20H23N3O3/c1-3-26-18-11-7-5-9-16(18)22-20(25)21-14(2)19(24)23-13-12-15-8-4-6-10-17(15)23/h4-11,14H,3,12-13H2,1-2H3,(H2,21,22,25). The predicted octanol–water partition coefficient (Wildman–Crippen LogP) is 3.18. The summed E-state index contributed by atoms with van der Waals surface area (Å²) in [6, 6.07) is 14.0. The van der Waals surface area contributed by atoms with Crippen LogP contribution in [0.1, 0.15) is 19.4 Å². The molecular weight excluding hydrogens is 330 g/mol. The number of benzene rings is 2. The summed E-state index contributed by atoms with van der Waals surface area (Å²) < 4.78 is 5.49. The smallest absolute Gasteiger partial charge is 0.319 e. The van der Waals surface area contributed by atoms with Crippen molar-refractivity contribution < 1.29 is 14.3 Å². The lowest BCUT2D eigenvalue weighted by Gasteiger charge is -2.22. The third kappa shape index (κ3) is 3.79. The monoisotopic (exact) mass is 353 g/mol. The molecule has 2 aromatic carbocycles. The van der Waals surface area contributed by atoms with Crippen LogP contribution >= 0.6 is 0 Å². The minimum atomic E-state index is -0.639. The van der Waals surface area contributed by atoms with Crippen molar-refractivity contribution in [2.45, 2.75) is 26.3 Å². The van der Waals surface area contributed by atoms with Crippen molar-refractivity contribution in [1.82, 2.24) is 5.32 Å². The number of carbonyl (C=O) groups is 2. The van der Waals surface area contributed by atoms with E-state index in [0.717, 1.165) is 17.7 Å². The molecule has 1 unspecified atom stereocenters. The van der Waals surface area contributed by atoms with Crippen LogP contribution in [0.15, 0.2) is 48.5 Å². The molecule has 136 valence electrons. The summed E-state index contributed by atoms with van der Waals surface area (Å²) in [5.41, 5.74) is 2.65. The van der Waals surface area contributed by atoms with E-state index in [1.165, 1.54) is 0 Å². The highest BCUT2D eigenvalue weighted by Gasteiger charge is 2.28. The topological polar surface area (TPSA) is 70.7 Å². The first-order chi connectivity index (χ1) is 12.6. The molecule has 0 aromatic heterocycles. The molecule has 3 rings (SSSR count). The number of amides is 3. The largest absolute Gasteiger partial charge is 0.492 e. The molecule has 0 saturated heterocycles. The van der Waals surface area contributed by atoms with Gasteiger partial charge in [0.15, 0.2) is 0 Å². The average Bonchev–Trinajstić information content (AvgIpc) is 3.07. The first-order valence-electron chi connectivity index (χ1n) is 8.78. The first kappa shape index (κ1) is 17.8. The van der Waals surface area contributed by atoms with Gasteiger partial charge in [0.2, 0.25) is 5.91 Å². The van der Waals surface area contributed by atoms with E-state index < -0.39 is 12.1 Å². The van der Waals surface area contributed by atoms with Gasteiger partial charge in [0.1, 0.15) is 11.8 Å². The molecule has 6 nitrogen and oxygen atoms in total. The molecule has 0 fully saturated rings. The summed E-state index contributed by atoms with van der Waals surface area (Å²) in [7, 11) is 0. The van der Waals surface area contributed by atoms with E-state index in [2.05, 4.69) is 10.6 Å². The fourth-order valence-electron chi connectivity index (χ4n) is 3.07. The molecule has 0 saturated carbocycles. The summed E-state index contributed by atoms with van der Waals surface area (Å²) in [6.07, 6.45) is 0.836. The van der Waals surface area contributed by atoms with E-state index in [-0.39, 0.29) is 5.91 Å². The van der Waals surface area contributed by atoms with E-state index in [9.17, 15) is 9.59 Å². The molecule has 1 heterocycles. The van der Waals surface area contributed by atoms with Gasteiger partial charge in [-0.2, -0.15) is 0 Å². The van der Waals surface area contributed by atoms with Gasteiger partial charge in [0.25, 0.3) is 0 Å². The minimum Gasteiger partial charge on any atom is -0.492 e. The fraction of sp³-hybridized carbons (Fsp3) is 0.300. The predicted molar refractivity (Wildman–Crippen MR) is 102 cm³/mol. The normalized spacial score (nSPS) is 13.7. The molecule has 1 aliphatic heterocycles. The highest BCUT2D eigenvalue weighted by Crippen LogP contribution is 2.28.